The smallest absolute Gasteiger partial charge is 0.130 e. The molecule has 0 radical (unpaired) electrons. The van der Waals surface area contributed by atoms with Crippen molar-refractivity contribution in [2.75, 3.05) is 19.1 Å². The van der Waals surface area contributed by atoms with E-state index in [9.17, 15) is 0 Å². The van der Waals surface area contributed by atoms with Gasteiger partial charge < -0.3 is 9.47 Å². The van der Waals surface area contributed by atoms with Crippen LogP contribution in [0.1, 0.15) is 64.4 Å². The number of fused-ring (bicyclic) bond motifs is 1. The Morgan fingerprint density at radius 1 is 0.963 bits per heavy atom. The molecule has 0 bridgehead atoms. The van der Waals surface area contributed by atoms with Crippen molar-refractivity contribution in [1.82, 2.24) is 0 Å². The van der Waals surface area contributed by atoms with E-state index in [2.05, 4.69) is 51.1 Å². The molecule has 0 aromatic heterocycles. The fourth-order valence-electron chi connectivity index (χ4n) is 3.32. The van der Waals surface area contributed by atoms with Crippen LogP contribution in [0.4, 0.5) is 0 Å². The lowest BCUT2D eigenvalue weighted by Crippen LogP contribution is -2.09. The molecule has 1 atom stereocenters. The molecule has 1 unspecified atom stereocenters. The highest BCUT2D eigenvalue weighted by Gasteiger charge is 2.13. The highest BCUT2D eigenvalue weighted by molar-refractivity contribution is 6.17. The minimum atomic E-state index is 0.449. The monoisotopic (exact) mass is 390 g/mol. The molecule has 0 spiro atoms. The minimum absolute atomic E-state index is 0.449. The van der Waals surface area contributed by atoms with Gasteiger partial charge in [0.2, 0.25) is 0 Å². The van der Waals surface area contributed by atoms with Crippen molar-refractivity contribution in [2.24, 2.45) is 5.92 Å². The highest BCUT2D eigenvalue weighted by atomic mass is 35.5. The first-order chi connectivity index (χ1) is 13.2. The summed E-state index contributed by atoms with van der Waals surface area (Å²) >= 11 is 5.84. The third-order valence-corrected chi connectivity index (χ3v) is 5.23. The predicted molar refractivity (Wildman–Crippen MR) is 118 cm³/mol. The summed E-state index contributed by atoms with van der Waals surface area (Å²) in [5.74, 6) is 3.07. The van der Waals surface area contributed by atoms with Crippen molar-refractivity contribution < 1.29 is 9.47 Å². The van der Waals surface area contributed by atoms with E-state index in [4.69, 9.17) is 21.1 Å². The molecule has 0 N–H and O–H groups in total. The average Bonchev–Trinajstić information content (AvgIpc) is 2.67. The Balaban J connectivity index is 2.03. The van der Waals surface area contributed by atoms with Gasteiger partial charge in [-0.25, -0.2) is 0 Å². The Kier molecular flexibility index (Phi) is 9.83. The molecule has 0 fully saturated rings. The summed E-state index contributed by atoms with van der Waals surface area (Å²) in [7, 11) is 0. The number of ether oxygens (including phenoxy) is 2. The van der Waals surface area contributed by atoms with E-state index in [1.807, 2.05) is 0 Å². The zero-order chi connectivity index (χ0) is 19.5. The van der Waals surface area contributed by atoms with Gasteiger partial charge in [-0.1, -0.05) is 70.2 Å². The number of aryl methyl sites for hydroxylation is 1. The van der Waals surface area contributed by atoms with Crippen molar-refractivity contribution in [2.45, 2.75) is 65.7 Å². The predicted octanol–water partition coefficient (Wildman–Crippen LogP) is 7.53. The Labute approximate surface area is 170 Å². The third-order valence-electron chi connectivity index (χ3n) is 5.01. The van der Waals surface area contributed by atoms with Crippen LogP contribution in [0, 0.1) is 12.8 Å². The second-order valence-electron chi connectivity index (χ2n) is 7.58. The van der Waals surface area contributed by atoms with E-state index in [1.165, 1.54) is 32.1 Å². The van der Waals surface area contributed by atoms with Gasteiger partial charge in [0.05, 0.1) is 13.2 Å². The molecule has 2 aromatic carbocycles. The first-order valence-corrected chi connectivity index (χ1v) is 11.0. The molecule has 27 heavy (non-hydrogen) atoms. The largest absolute Gasteiger partial charge is 0.493 e. The lowest BCUT2D eigenvalue weighted by atomic mass is 10.0. The summed E-state index contributed by atoms with van der Waals surface area (Å²) in [5, 5.41) is 2.27. The molecule has 0 saturated heterocycles. The van der Waals surface area contributed by atoms with Gasteiger partial charge >= 0.3 is 0 Å². The molecule has 0 aliphatic rings. The van der Waals surface area contributed by atoms with Gasteiger partial charge in [0.1, 0.15) is 11.5 Å². The molecule has 0 heterocycles. The molecule has 3 heteroatoms. The quantitative estimate of drug-likeness (QED) is 0.260. The van der Waals surface area contributed by atoms with Crippen LogP contribution in [0.2, 0.25) is 0 Å². The van der Waals surface area contributed by atoms with Gasteiger partial charge in [-0.2, -0.15) is 0 Å². The van der Waals surface area contributed by atoms with Gasteiger partial charge in [-0.05, 0) is 37.3 Å². The van der Waals surface area contributed by atoms with Gasteiger partial charge in [0.15, 0.2) is 0 Å². The second kappa shape index (κ2) is 12.1. The van der Waals surface area contributed by atoms with Gasteiger partial charge in [0, 0.05) is 16.7 Å². The van der Waals surface area contributed by atoms with E-state index in [0.29, 0.717) is 18.4 Å². The maximum atomic E-state index is 6.20. The summed E-state index contributed by atoms with van der Waals surface area (Å²) in [6.45, 7) is 8.01. The SMILES string of the molecule is CCCCCCCCOc1c(C)cc(OCC(C)CCCl)c2ccccc12. The van der Waals surface area contributed by atoms with Crippen LogP contribution in [0.5, 0.6) is 11.5 Å². The topological polar surface area (TPSA) is 18.5 Å². The number of benzene rings is 2. The van der Waals surface area contributed by atoms with Gasteiger partial charge in [-0.15, -0.1) is 11.6 Å². The number of hydrogen-bond donors (Lipinski definition) is 0. The molecular weight excluding hydrogens is 356 g/mol. The van der Waals surface area contributed by atoms with E-state index in [0.717, 1.165) is 47.3 Å². The van der Waals surface area contributed by atoms with Crippen LogP contribution in [0.25, 0.3) is 10.8 Å². The number of hydrogen-bond acceptors (Lipinski definition) is 2. The van der Waals surface area contributed by atoms with E-state index >= 15 is 0 Å². The van der Waals surface area contributed by atoms with E-state index in [1.54, 1.807) is 0 Å². The number of unbranched alkanes of at least 4 members (excludes halogenated alkanes) is 5. The second-order valence-corrected chi connectivity index (χ2v) is 7.95. The highest BCUT2D eigenvalue weighted by Crippen LogP contribution is 2.36. The maximum absolute atomic E-state index is 6.20. The lowest BCUT2D eigenvalue weighted by molar-refractivity contribution is 0.259. The van der Waals surface area contributed by atoms with E-state index < -0.39 is 0 Å². The summed E-state index contributed by atoms with van der Waals surface area (Å²) in [6.07, 6.45) is 8.62. The Morgan fingerprint density at radius 2 is 1.67 bits per heavy atom. The molecule has 0 saturated carbocycles. The molecule has 0 aliphatic heterocycles. The molecule has 2 aromatic rings. The Bertz CT molecular complexity index is 683. The van der Waals surface area contributed by atoms with Gasteiger partial charge in [-0.3, -0.25) is 0 Å². The van der Waals surface area contributed by atoms with Crippen molar-refractivity contribution >= 4 is 22.4 Å². The number of halogens is 1. The molecule has 2 rings (SSSR count). The van der Waals surface area contributed by atoms with Crippen molar-refractivity contribution in [3.05, 3.63) is 35.9 Å². The van der Waals surface area contributed by atoms with Crippen molar-refractivity contribution in [3.63, 3.8) is 0 Å². The first kappa shape index (κ1) is 21.9. The van der Waals surface area contributed by atoms with Crippen LogP contribution < -0.4 is 9.47 Å². The molecule has 2 nitrogen and oxygen atoms in total. The Morgan fingerprint density at radius 3 is 2.41 bits per heavy atom. The maximum Gasteiger partial charge on any atom is 0.130 e. The standard InChI is InChI=1S/C24H35ClO2/c1-4-5-6-7-8-11-16-26-24-20(3)17-23(27-18-19(2)14-15-25)21-12-9-10-13-22(21)24/h9-10,12-13,17,19H,4-8,11,14-16,18H2,1-3H3. The average molecular weight is 391 g/mol. The molecular formula is C24H35ClO2. The van der Waals surface area contributed by atoms with Crippen LogP contribution >= 0.6 is 11.6 Å². The fourth-order valence-corrected chi connectivity index (χ4v) is 3.69. The summed E-state index contributed by atoms with van der Waals surface area (Å²) < 4.78 is 12.3. The van der Waals surface area contributed by atoms with Crippen LogP contribution in [-0.4, -0.2) is 19.1 Å². The summed E-state index contributed by atoms with van der Waals surface area (Å²) in [4.78, 5) is 0. The third kappa shape index (κ3) is 6.92. The summed E-state index contributed by atoms with van der Waals surface area (Å²) in [6, 6.07) is 10.5. The zero-order valence-corrected chi connectivity index (χ0v) is 18.0. The van der Waals surface area contributed by atoms with Crippen LogP contribution in [0.15, 0.2) is 30.3 Å². The van der Waals surface area contributed by atoms with Crippen molar-refractivity contribution in [3.8, 4) is 11.5 Å². The number of rotatable bonds is 13. The first-order valence-electron chi connectivity index (χ1n) is 10.5. The molecule has 150 valence electrons. The number of alkyl halides is 1. The van der Waals surface area contributed by atoms with Gasteiger partial charge in [0.25, 0.3) is 0 Å². The minimum Gasteiger partial charge on any atom is -0.493 e. The van der Waals surface area contributed by atoms with Crippen LogP contribution in [-0.2, 0) is 0 Å². The lowest BCUT2D eigenvalue weighted by Gasteiger charge is -2.18. The van der Waals surface area contributed by atoms with E-state index in [-0.39, 0.29) is 0 Å². The normalized spacial score (nSPS) is 12.3. The van der Waals surface area contributed by atoms with Crippen LogP contribution in [0.3, 0.4) is 0 Å². The fraction of sp³-hybridized carbons (Fsp3) is 0.583. The van der Waals surface area contributed by atoms with Crippen molar-refractivity contribution in [1.29, 1.82) is 0 Å². The zero-order valence-electron chi connectivity index (χ0n) is 17.2. The molecule has 0 aliphatic carbocycles. The Hall–Kier alpha value is -1.41. The summed E-state index contributed by atoms with van der Waals surface area (Å²) in [5.41, 5.74) is 1.14. The molecule has 0 amide bonds.